The summed E-state index contributed by atoms with van der Waals surface area (Å²) in [7, 11) is 0. The molecular weight excluding hydrogens is 220 g/mol. The summed E-state index contributed by atoms with van der Waals surface area (Å²) in [6.07, 6.45) is 7.48. The normalized spacial score (nSPS) is 12.1. The predicted molar refractivity (Wildman–Crippen MR) is 66.6 cm³/mol. The van der Waals surface area contributed by atoms with Crippen LogP contribution in [-0.2, 0) is 9.53 Å². The lowest BCUT2D eigenvalue weighted by atomic mass is 10.1. The van der Waals surface area contributed by atoms with Crippen LogP contribution < -0.4 is 0 Å². The van der Waals surface area contributed by atoms with E-state index in [1.54, 1.807) is 0 Å². The van der Waals surface area contributed by atoms with Crippen LogP contribution in [0.1, 0.15) is 44.9 Å². The molecule has 0 radical (unpaired) electrons. The minimum Gasteiger partial charge on any atom is -0.463 e. The zero-order valence-corrected chi connectivity index (χ0v) is 10.4. The quantitative estimate of drug-likeness (QED) is 0.330. The van der Waals surface area contributed by atoms with Gasteiger partial charge in [-0.1, -0.05) is 38.7 Å². The molecule has 4 nitrogen and oxygen atoms in total. The van der Waals surface area contributed by atoms with E-state index in [0.717, 1.165) is 38.5 Å². The van der Waals surface area contributed by atoms with Crippen molar-refractivity contribution in [2.75, 3.05) is 13.2 Å². The summed E-state index contributed by atoms with van der Waals surface area (Å²) in [6.45, 7) is 3.64. The Morgan fingerprint density at radius 1 is 1.18 bits per heavy atom. The summed E-state index contributed by atoms with van der Waals surface area (Å²) in [4.78, 5) is 10.7. The second-order valence-corrected chi connectivity index (χ2v) is 4.12. The van der Waals surface area contributed by atoms with Crippen LogP contribution in [0, 0.1) is 0 Å². The van der Waals surface area contributed by atoms with E-state index in [0.29, 0.717) is 13.0 Å². The highest BCUT2D eigenvalue weighted by atomic mass is 16.5. The van der Waals surface area contributed by atoms with Gasteiger partial charge in [-0.05, 0) is 12.8 Å². The van der Waals surface area contributed by atoms with Gasteiger partial charge in [0.05, 0.1) is 19.3 Å². The van der Waals surface area contributed by atoms with E-state index in [-0.39, 0.29) is 12.6 Å². The van der Waals surface area contributed by atoms with Crippen molar-refractivity contribution in [2.45, 2.75) is 51.0 Å². The molecule has 100 valence electrons. The molecule has 0 aromatic rings. The first-order chi connectivity index (χ1) is 8.20. The van der Waals surface area contributed by atoms with Crippen LogP contribution in [0.15, 0.2) is 12.7 Å². The second kappa shape index (κ2) is 11.6. The molecule has 0 spiro atoms. The lowest BCUT2D eigenvalue weighted by Gasteiger charge is -2.06. The fourth-order valence-electron chi connectivity index (χ4n) is 1.51. The Morgan fingerprint density at radius 2 is 1.76 bits per heavy atom. The van der Waals surface area contributed by atoms with Gasteiger partial charge >= 0.3 is 5.97 Å². The monoisotopic (exact) mass is 244 g/mol. The number of carbonyl (C=O) groups excluding carboxylic acids is 1. The highest BCUT2D eigenvalue weighted by Gasteiger charge is 2.00. The van der Waals surface area contributed by atoms with Gasteiger partial charge in [0, 0.05) is 6.08 Å². The number of rotatable bonds is 11. The zero-order valence-electron chi connectivity index (χ0n) is 10.4. The molecule has 0 bridgehead atoms. The molecule has 0 aliphatic heterocycles. The van der Waals surface area contributed by atoms with Crippen LogP contribution in [0.4, 0.5) is 0 Å². The molecule has 4 heteroatoms. The number of aliphatic hydroxyl groups is 2. The lowest BCUT2D eigenvalue weighted by Crippen LogP contribution is -2.10. The first-order valence-electron chi connectivity index (χ1n) is 6.28. The van der Waals surface area contributed by atoms with Crippen LogP contribution >= 0.6 is 0 Å². The fraction of sp³-hybridized carbons (Fsp3) is 0.769. The summed E-state index contributed by atoms with van der Waals surface area (Å²) in [5.41, 5.74) is 0. The zero-order chi connectivity index (χ0) is 12.9. The molecule has 0 saturated heterocycles. The molecule has 1 unspecified atom stereocenters. The minimum atomic E-state index is -0.562. The van der Waals surface area contributed by atoms with E-state index in [1.165, 1.54) is 6.08 Å². The van der Waals surface area contributed by atoms with Crippen LogP contribution in [0.5, 0.6) is 0 Å². The largest absolute Gasteiger partial charge is 0.463 e. The van der Waals surface area contributed by atoms with Crippen molar-refractivity contribution < 1.29 is 19.7 Å². The molecular formula is C13H24O4. The van der Waals surface area contributed by atoms with Gasteiger partial charge in [0.1, 0.15) is 0 Å². The number of ether oxygens (including phenoxy) is 1. The number of aliphatic hydroxyl groups excluding tert-OH is 2. The second-order valence-electron chi connectivity index (χ2n) is 4.12. The van der Waals surface area contributed by atoms with E-state index in [1.807, 2.05) is 0 Å². The maximum absolute atomic E-state index is 10.7. The molecule has 0 aromatic carbocycles. The average Bonchev–Trinajstić information content (AvgIpc) is 2.35. The number of carbonyl (C=O) groups is 1. The third-order valence-corrected chi connectivity index (χ3v) is 2.55. The van der Waals surface area contributed by atoms with Crippen LogP contribution in [0.2, 0.25) is 0 Å². The van der Waals surface area contributed by atoms with Gasteiger partial charge in [-0.3, -0.25) is 0 Å². The van der Waals surface area contributed by atoms with Gasteiger partial charge in [-0.15, -0.1) is 0 Å². The van der Waals surface area contributed by atoms with Gasteiger partial charge in [-0.25, -0.2) is 4.79 Å². The van der Waals surface area contributed by atoms with E-state index < -0.39 is 6.10 Å². The summed E-state index contributed by atoms with van der Waals surface area (Å²) < 4.78 is 4.85. The molecule has 0 heterocycles. The Labute approximate surface area is 103 Å². The topological polar surface area (TPSA) is 66.8 Å². The number of hydrogen-bond acceptors (Lipinski definition) is 4. The van der Waals surface area contributed by atoms with Crippen molar-refractivity contribution >= 4 is 5.97 Å². The van der Waals surface area contributed by atoms with E-state index >= 15 is 0 Å². The molecule has 0 aliphatic carbocycles. The van der Waals surface area contributed by atoms with Crippen LogP contribution in [0.25, 0.3) is 0 Å². The lowest BCUT2D eigenvalue weighted by molar-refractivity contribution is -0.137. The van der Waals surface area contributed by atoms with Crippen molar-refractivity contribution in [3.63, 3.8) is 0 Å². The molecule has 0 aromatic heterocycles. The van der Waals surface area contributed by atoms with Gasteiger partial charge in [0.2, 0.25) is 0 Å². The maximum Gasteiger partial charge on any atom is 0.330 e. The molecule has 0 saturated carbocycles. The molecule has 0 fully saturated rings. The van der Waals surface area contributed by atoms with Gasteiger partial charge in [-0.2, -0.15) is 0 Å². The molecule has 17 heavy (non-hydrogen) atoms. The summed E-state index contributed by atoms with van der Waals surface area (Å²) >= 11 is 0. The Bertz CT molecular complexity index is 204. The molecule has 0 amide bonds. The van der Waals surface area contributed by atoms with E-state index in [4.69, 9.17) is 14.9 Å². The first-order valence-corrected chi connectivity index (χ1v) is 6.28. The van der Waals surface area contributed by atoms with Crippen LogP contribution in [0.3, 0.4) is 0 Å². The highest BCUT2D eigenvalue weighted by molar-refractivity contribution is 5.81. The summed E-state index contributed by atoms with van der Waals surface area (Å²) in [5.74, 6) is -0.358. The van der Waals surface area contributed by atoms with Crippen molar-refractivity contribution in [1.82, 2.24) is 0 Å². The van der Waals surface area contributed by atoms with Gasteiger partial charge in [0.25, 0.3) is 0 Å². The smallest absolute Gasteiger partial charge is 0.330 e. The average molecular weight is 244 g/mol. The van der Waals surface area contributed by atoms with Crippen LogP contribution in [-0.4, -0.2) is 35.5 Å². The SMILES string of the molecule is C=CC(=O)OCCCCCCCCC(O)CO. The van der Waals surface area contributed by atoms with E-state index in [2.05, 4.69) is 6.58 Å². The molecule has 0 rings (SSSR count). The number of hydrogen-bond donors (Lipinski definition) is 2. The van der Waals surface area contributed by atoms with Crippen molar-refractivity contribution in [3.05, 3.63) is 12.7 Å². The van der Waals surface area contributed by atoms with Crippen molar-refractivity contribution in [1.29, 1.82) is 0 Å². The van der Waals surface area contributed by atoms with Crippen molar-refractivity contribution in [3.8, 4) is 0 Å². The highest BCUT2D eigenvalue weighted by Crippen LogP contribution is 2.08. The Kier molecular flexibility index (Phi) is 11.0. The summed E-state index contributed by atoms with van der Waals surface area (Å²) in [5, 5.41) is 17.7. The standard InChI is InChI=1S/C13H24O4/c1-2-13(16)17-10-8-6-4-3-5-7-9-12(15)11-14/h2,12,14-15H,1,3-11H2. The molecule has 2 N–H and O–H groups in total. The third-order valence-electron chi connectivity index (χ3n) is 2.55. The van der Waals surface area contributed by atoms with Gasteiger partial charge < -0.3 is 14.9 Å². The third kappa shape index (κ3) is 11.4. The van der Waals surface area contributed by atoms with Crippen molar-refractivity contribution in [2.24, 2.45) is 0 Å². The van der Waals surface area contributed by atoms with Gasteiger partial charge in [0.15, 0.2) is 0 Å². The predicted octanol–water partition coefficient (Wildman–Crippen LogP) is 1.80. The number of unbranched alkanes of at least 4 members (excludes halogenated alkanes) is 5. The Morgan fingerprint density at radius 3 is 2.35 bits per heavy atom. The maximum atomic E-state index is 10.7. The molecule has 1 atom stereocenters. The molecule has 0 aliphatic rings. The summed E-state index contributed by atoms with van der Waals surface area (Å²) in [6, 6.07) is 0. The fourth-order valence-corrected chi connectivity index (χ4v) is 1.51. The van der Waals surface area contributed by atoms with E-state index in [9.17, 15) is 4.79 Å². The first kappa shape index (κ1) is 16.1. The number of esters is 1. The Balaban J connectivity index is 3.08. The minimum absolute atomic E-state index is 0.144. The Hall–Kier alpha value is -0.870.